The van der Waals surface area contributed by atoms with Gasteiger partial charge in [0.1, 0.15) is 0 Å². The van der Waals surface area contributed by atoms with Crippen molar-refractivity contribution in [2.75, 3.05) is 19.6 Å². The molecule has 4 rings (SSSR count). The van der Waals surface area contributed by atoms with Crippen LogP contribution in [0, 0.1) is 5.92 Å². The molecule has 2 N–H and O–H groups in total. The quantitative estimate of drug-likeness (QED) is 0.930. The van der Waals surface area contributed by atoms with Crippen molar-refractivity contribution in [1.82, 2.24) is 4.90 Å². The SMILES string of the molecule is NC[C@@H]1C[C@@]1(C(=O)N1CC=C(c2ccccc2)CC1)c1cccs1. The first-order valence-corrected chi connectivity index (χ1v) is 9.41. The van der Waals surface area contributed by atoms with Crippen molar-refractivity contribution in [2.45, 2.75) is 18.3 Å². The second kappa shape index (κ2) is 6.19. The molecule has 2 atom stereocenters. The number of carbonyl (C=O) groups excluding carboxylic acids is 1. The van der Waals surface area contributed by atoms with E-state index < -0.39 is 0 Å². The zero-order valence-electron chi connectivity index (χ0n) is 13.7. The topological polar surface area (TPSA) is 46.3 Å². The number of nitrogens with two attached hydrogens (primary N) is 1. The second-order valence-electron chi connectivity index (χ2n) is 6.68. The molecule has 2 heterocycles. The van der Waals surface area contributed by atoms with Crippen LogP contribution in [0.2, 0.25) is 0 Å². The van der Waals surface area contributed by atoms with E-state index in [0.29, 0.717) is 19.0 Å². The maximum Gasteiger partial charge on any atom is 0.234 e. The molecular weight excluding hydrogens is 316 g/mol. The second-order valence-corrected chi connectivity index (χ2v) is 7.63. The zero-order chi connectivity index (χ0) is 16.6. The monoisotopic (exact) mass is 338 g/mol. The van der Waals surface area contributed by atoms with E-state index in [9.17, 15) is 4.79 Å². The van der Waals surface area contributed by atoms with Crippen molar-refractivity contribution >= 4 is 22.8 Å². The Morgan fingerprint density at radius 1 is 1.25 bits per heavy atom. The van der Waals surface area contributed by atoms with Crippen LogP contribution in [-0.4, -0.2) is 30.4 Å². The Balaban J connectivity index is 1.53. The summed E-state index contributed by atoms with van der Waals surface area (Å²) in [5, 5.41) is 2.06. The van der Waals surface area contributed by atoms with Gasteiger partial charge in [-0.1, -0.05) is 42.5 Å². The number of thiophene rings is 1. The van der Waals surface area contributed by atoms with Crippen LogP contribution >= 0.6 is 11.3 Å². The molecule has 1 amide bonds. The van der Waals surface area contributed by atoms with E-state index in [1.54, 1.807) is 11.3 Å². The van der Waals surface area contributed by atoms with Crippen LogP contribution in [-0.2, 0) is 10.2 Å². The molecule has 1 aromatic carbocycles. The molecule has 2 aliphatic rings. The van der Waals surface area contributed by atoms with Crippen molar-refractivity contribution in [1.29, 1.82) is 0 Å². The van der Waals surface area contributed by atoms with Gasteiger partial charge in [-0.2, -0.15) is 0 Å². The molecule has 0 radical (unpaired) electrons. The summed E-state index contributed by atoms with van der Waals surface area (Å²) in [5.74, 6) is 0.562. The fourth-order valence-electron chi connectivity index (χ4n) is 3.87. The Kier molecular flexibility index (Phi) is 4.02. The number of amides is 1. The molecular formula is C20H22N2OS. The van der Waals surface area contributed by atoms with Gasteiger partial charge in [-0.25, -0.2) is 0 Å². The average Bonchev–Trinajstić information content (AvgIpc) is 3.14. The van der Waals surface area contributed by atoms with Gasteiger partial charge in [0.05, 0.1) is 5.41 Å². The Morgan fingerprint density at radius 3 is 2.67 bits per heavy atom. The molecule has 3 nitrogen and oxygen atoms in total. The van der Waals surface area contributed by atoms with Gasteiger partial charge in [0.2, 0.25) is 5.91 Å². The van der Waals surface area contributed by atoms with Crippen molar-refractivity contribution in [3.05, 3.63) is 64.4 Å². The first-order valence-electron chi connectivity index (χ1n) is 8.53. The minimum atomic E-state index is -0.346. The van der Waals surface area contributed by atoms with Gasteiger partial charge in [-0.3, -0.25) is 4.79 Å². The summed E-state index contributed by atoms with van der Waals surface area (Å²) >= 11 is 1.68. The maximum absolute atomic E-state index is 13.2. The van der Waals surface area contributed by atoms with Crippen LogP contribution in [0.25, 0.3) is 5.57 Å². The molecule has 124 valence electrons. The van der Waals surface area contributed by atoms with Gasteiger partial charge >= 0.3 is 0 Å². The summed E-state index contributed by atoms with van der Waals surface area (Å²) in [6.07, 6.45) is 4.02. The van der Waals surface area contributed by atoms with Gasteiger partial charge in [-0.15, -0.1) is 11.3 Å². The lowest BCUT2D eigenvalue weighted by Crippen LogP contribution is -2.42. The molecule has 0 unspecified atom stereocenters. The summed E-state index contributed by atoms with van der Waals surface area (Å²) in [5.41, 5.74) is 8.17. The Morgan fingerprint density at radius 2 is 2.08 bits per heavy atom. The minimum Gasteiger partial charge on any atom is -0.338 e. The largest absolute Gasteiger partial charge is 0.338 e. The van der Waals surface area contributed by atoms with E-state index in [-0.39, 0.29) is 11.3 Å². The van der Waals surface area contributed by atoms with Crippen LogP contribution in [0.1, 0.15) is 23.3 Å². The summed E-state index contributed by atoms with van der Waals surface area (Å²) in [6, 6.07) is 14.6. The maximum atomic E-state index is 13.2. The van der Waals surface area contributed by atoms with Crippen LogP contribution in [0.15, 0.2) is 53.9 Å². The Hall–Kier alpha value is -1.91. The molecule has 1 aromatic heterocycles. The van der Waals surface area contributed by atoms with E-state index in [1.807, 2.05) is 17.0 Å². The Labute approximate surface area is 146 Å². The molecule has 0 bridgehead atoms. The summed E-state index contributed by atoms with van der Waals surface area (Å²) in [7, 11) is 0. The third kappa shape index (κ3) is 2.50. The molecule has 1 aliphatic heterocycles. The Bertz CT molecular complexity index is 753. The van der Waals surface area contributed by atoms with Crippen molar-refractivity contribution in [3.8, 4) is 0 Å². The fraction of sp³-hybridized carbons (Fsp3) is 0.350. The lowest BCUT2D eigenvalue weighted by molar-refractivity contribution is -0.133. The minimum absolute atomic E-state index is 0.267. The van der Waals surface area contributed by atoms with Gasteiger partial charge in [0.15, 0.2) is 0 Å². The van der Waals surface area contributed by atoms with Crippen LogP contribution in [0.4, 0.5) is 0 Å². The van der Waals surface area contributed by atoms with E-state index in [0.717, 1.165) is 19.4 Å². The highest BCUT2D eigenvalue weighted by atomic mass is 32.1. The normalized spacial score (nSPS) is 26.1. The molecule has 0 spiro atoms. The molecule has 24 heavy (non-hydrogen) atoms. The number of carbonyl (C=O) groups is 1. The number of benzene rings is 1. The van der Waals surface area contributed by atoms with Crippen LogP contribution in [0.5, 0.6) is 0 Å². The lowest BCUT2D eigenvalue weighted by atomic mass is 9.95. The van der Waals surface area contributed by atoms with Crippen LogP contribution < -0.4 is 5.73 Å². The molecule has 1 fully saturated rings. The van der Waals surface area contributed by atoms with Gasteiger partial charge < -0.3 is 10.6 Å². The summed E-state index contributed by atoms with van der Waals surface area (Å²) in [6.45, 7) is 2.08. The predicted octanol–water partition coefficient (Wildman–Crippen LogP) is 3.28. The predicted molar refractivity (Wildman–Crippen MR) is 98.8 cm³/mol. The van der Waals surface area contributed by atoms with E-state index in [2.05, 4.69) is 41.8 Å². The van der Waals surface area contributed by atoms with Crippen molar-refractivity contribution in [2.24, 2.45) is 11.7 Å². The zero-order valence-corrected chi connectivity index (χ0v) is 14.5. The van der Waals surface area contributed by atoms with E-state index in [4.69, 9.17) is 5.73 Å². The first-order chi connectivity index (χ1) is 11.8. The van der Waals surface area contributed by atoms with Gasteiger partial charge in [0, 0.05) is 18.0 Å². The molecule has 1 saturated carbocycles. The molecule has 4 heteroatoms. The average molecular weight is 338 g/mol. The molecule has 2 aromatic rings. The van der Waals surface area contributed by atoms with Crippen LogP contribution in [0.3, 0.4) is 0 Å². The van der Waals surface area contributed by atoms with Gasteiger partial charge in [0.25, 0.3) is 0 Å². The first kappa shape index (κ1) is 15.6. The van der Waals surface area contributed by atoms with E-state index in [1.165, 1.54) is 16.0 Å². The summed E-state index contributed by atoms with van der Waals surface area (Å²) < 4.78 is 0. The lowest BCUT2D eigenvalue weighted by Gasteiger charge is -2.30. The van der Waals surface area contributed by atoms with E-state index >= 15 is 0 Å². The number of hydrogen-bond acceptors (Lipinski definition) is 3. The highest BCUT2D eigenvalue weighted by Crippen LogP contribution is 2.56. The van der Waals surface area contributed by atoms with Crippen molar-refractivity contribution < 1.29 is 4.79 Å². The fourth-order valence-corrected chi connectivity index (χ4v) is 4.87. The highest BCUT2D eigenvalue weighted by Gasteiger charge is 2.62. The summed E-state index contributed by atoms with van der Waals surface area (Å²) in [4.78, 5) is 16.4. The standard InChI is InChI=1S/C20H22N2OS/c21-14-17-13-20(17,18-7-4-12-24-18)19(23)22-10-8-16(9-11-22)15-5-2-1-3-6-15/h1-8,12,17H,9-11,13-14,21H2/t17-,20-/m0/s1. The number of nitrogens with zero attached hydrogens (tertiary/aromatic N) is 1. The molecule has 0 saturated heterocycles. The highest BCUT2D eigenvalue weighted by molar-refractivity contribution is 7.10. The smallest absolute Gasteiger partial charge is 0.234 e. The van der Waals surface area contributed by atoms with Gasteiger partial charge in [-0.05, 0) is 47.9 Å². The number of hydrogen-bond donors (Lipinski definition) is 1. The third-order valence-electron chi connectivity index (χ3n) is 5.37. The number of rotatable bonds is 4. The third-order valence-corrected chi connectivity index (χ3v) is 6.42. The molecule has 1 aliphatic carbocycles. The van der Waals surface area contributed by atoms with Crippen molar-refractivity contribution in [3.63, 3.8) is 0 Å².